The molecule has 0 aliphatic carbocycles. The number of aromatic nitrogens is 2. The molecule has 5 aromatic rings. The van der Waals surface area contributed by atoms with Gasteiger partial charge in [0.15, 0.2) is 23.1 Å². The Morgan fingerprint density at radius 3 is 2.74 bits per heavy atom. The van der Waals surface area contributed by atoms with E-state index >= 15 is 0 Å². The quantitative estimate of drug-likeness (QED) is 0.295. The number of amides is 1. The van der Waals surface area contributed by atoms with Crippen LogP contribution in [0.25, 0.3) is 22.1 Å². The van der Waals surface area contributed by atoms with Crippen molar-refractivity contribution < 1.29 is 18.7 Å². The molecule has 1 amide bonds. The molecule has 1 N–H and O–H groups in total. The number of ether oxygens (including phenoxy) is 2. The Balaban J connectivity index is 1.40. The Hall–Kier alpha value is -3.51. The van der Waals surface area contributed by atoms with Crippen LogP contribution in [0.5, 0.6) is 11.5 Å². The van der Waals surface area contributed by atoms with Gasteiger partial charge < -0.3 is 14.8 Å². The number of benzene rings is 3. The van der Waals surface area contributed by atoms with E-state index in [0.29, 0.717) is 30.2 Å². The van der Waals surface area contributed by atoms with E-state index in [0.717, 1.165) is 16.6 Å². The second-order valence-corrected chi connectivity index (χ2v) is 9.68. The van der Waals surface area contributed by atoms with Crippen molar-refractivity contribution >= 4 is 67.6 Å². The fraction of sp³-hybridized carbons (Fsp3) is 0.0800. The van der Waals surface area contributed by atoms with Crippen molar-refractivity contribution in [3.8, 4) is 11.5 Å². The van der Waals surface area contributed by atoms with Crippen LogP contribution in [0.3, 0.4) is 0 Å². The number of carbonyl (C=O) groups is 1. The second-order valence-electron chi connectivity index (χ2n) is 7.51. The van der Waals surface area contributed by atoms with Gasteiger partial charge in [-0.15, -0.1) is 0 Å². The van der Waals surface area contributed by atoms with Gasteiger partial charge in [-0.1, -0.05) is 23.5 Å². The predicted molar refractivity (Wildman–Crippen MR) is 142 cm³/mol. The predicted octanol–water partition coefficient (Wildman–Crippen LogP) is 4.23. The molecule has 0 aliphatic heterocycles. The third-order valence-electron chi connectivity index (χ3n) is 5.17. The summed E-state index contributed by atoms with van der Waals surface area (Å²) in [4.78, 5) is 30.5. The summed E-state index contributed by atoms with van der Waals surface area (Å²) in [7, 11) is 1.50. The molecule has 35 heavy (non-hydrogen) atoms. The van der Waals surface area contributed by atoms with Gasteiger partial charge in [-0.05, 0) is 82.8 Å². The molecule has 2 aromatic heterocycles. The molecule has 0 unspecified atom stereocenters. The van der Waals surface area contributed by atoms with E-state index in [1.54, 1.807) is 16.5 Å². The van der Waals surface area contributed by atoms with Crippen LogP contribution < -0.4 is 24.9 Å². The molecule has 0 bridgehead atoms. The number of carbonyl (C=O) groups excluding carboxylic acids is 1. The summed E-state index contributed by atoms with van der Waals surface area (Å²) < 4.78 is 27.1. The fourth-order valence-corrected chi connectivity index (χ4v) is 5.36. The zero-order chi connectivity index (χ0) is 24.5. The molecular weight excluding hydrogens is 584 g/mol. The molecule has 0 radical (unpaired) electrons. The van der Waals surface area contributed by atoms with Crippen LogP contribution in [0.1, 0.15) is 5.56 Å². The summed E-state index contributed by atoms with van der Waals surface area (Å²) in [5, 5.41) is 2.65. The smallest absolute Gasteiger partial charge is 0.274 e. The van der Waals surface area contributed by atoms with Gasteiger partial charge in [-0.2, -0.15) is 0 Å². The maximum atomic E-state index is 13.0. The summed E-state index contributed by atoms with van der Waals surface area (Å²) in [6.45, 7) is -0.257. The molecule has 0 saturated heterocycles. The average molecular weight is 601 g/mol. The number of para-hydroxylation sites is 2. The highest BCUT2D eigenvalue weighted by molar-refractivity contribution is 14.1. The fourth-order valence-electron chi connectivity index (χ4n) is 3.59. The standard InChI is InChI=1S/C25H17FIN3O4S/c1-33-20-11-14(12-21-24(32)30-19-5-3-2-4-18(19)29-25(30)35-21)10-17(27)23(20)34-13-22(31)28-16-8-6-15(26)7-9-16/h2-12H,13H2,1H3,(H,28,31)/b21-12-. The third kappa shape index (κ3) is 4.71. The number of hydrogen-bond donors (Lipinski definition) is 1. The van der Waals surface area contributed by atoms with Crippen molar-refractivity contribution in [3.63, 3.8) is 0 Å². The van der Waals surface area contributed by atoms with Crippen LogP contribution in [-0.4, -0.2) is 29.0 Å². The lowest BCUT2D eigenvalue weighted by atomic mass is 10.2. The first-order valence-electron chi connectivity index (χ1n) is 10.4. The van der Waals surface area contributed by atoms with Crippen molar-refractivity contribution in [2.24, 2.45) is 0 Å². The Morgan fingerprint density at radius 1 is 1.20 bits per heavy atom. The highest BCUT2D eigenvalue weighted by Crippen LogP contribution is 2.34. The Bertz CT molecular complexity index is 1680. The molecule has 0 atom stereocenters. The van der Waals surface area contributed by atoms with Crippen LogP contribution in [0.15, 0.2) is 65.5 Å². The van der Waals surface area contributed by atoms with Gasteiger partial charge in [-0.25, -0.2) is 13.8 Å². The summed E-state index contributed by atoms with van der Waals surface area (Å²) in [5.41, 5.74) is 2.64. The summed E-state index contributed by atoms with van der Waals surface area (Å²) in [5.74, 6) is 0.0607. The van der Waals surface area contributed by atoms with Gasteiger partial charge in [0.25, 0.3) is 11.5 Å². The van der Waals surface area contributed by atoms with Crippen molar-refractivity contribution in [1.82, 2.24) is 9.38 Å². The lowest BCUT2D eigenvalue weighted by Crippen LogP contribution is -2.22. The Kier molecular flexibility index (Phi) is 6.39. The molecule has 7 nitrogen and oxygen atoms in total. The first-order chi connectivity index (χ1) is 16.9. The van der Waals surface area contributed by atoms with Crippen LogP contribution in [-0.2, 0) is 4.79 Å². The van der Waals surface area contributed by atoms with Gasteiger partial charge in [0.1, 0.15) is 5.82 Å². The molecule has 176 valence electrons. The minimum absolute atomic E-state index is 0.134. The number of anilines is 1. The lowest BCUT2D eigenvalue weighted by molar-refractivity contribution is -0.118. The van der Waals surface area contributed by atoms with E-state index in [4.69, 9.17) is 9.47 Å². The number of rotatable bonds is 6. The van der Waals surface area contributed by atoms with Gasteiger partial charge in [0.2, 0.25) is 0 Å². The van der Waals surface area contributed by atoms with E-state index < -0.39 is 5.91 Å². The number of thiazole rings is 1. The number of halogens is 2. The summed E-state index contributed by atoms with van der Waals surface area (Å²) in [6, 6.07) is 16.6. The van der Waals surface area contributed by atoms with Gasteiger partial charge in [0, 0.05) is 5.69 Å². The van der Waals surface area contributed by atoms with Crippen molar-refractivity contribution in [2.45, 2.75) is 0 Å². The SMILES string of the molecule is COc1cc(/C=c2\sc3nc4ccccc4n3c2=O)cc(I)c1OCC(=O)Nc1ccc(F)cc1. The van der Waals surface area contributed by atoms with Crippen LogP contribution in [0.2, 0.25) is 0 Å². The highest BCUT2D eigenvalue weighted by Gasteiger charge is 2.15. The molecule has 3 aromatic carbocycles. The maximum Gasteiger partial charge on any atom is 0.274 e. The molecular formula is C25H17FIN3O4S. The molecule has 5 rings (SSSR count). The van der Waals surface area contributed by atoms with Gasteiger partial charge >= 0.3 is 0 Å². The third-order valence-corrected chi connectivity index (χ3v) is 6.94. The maximum absolute atomic E-state index is 13.0. The average Bonchev–Trinajstić information content (AvgIpc) is 3.35. The Labute approximate surface area is 216 Å². The number of nitrogens with one attached hydrogen (secondary N) is 1. The molecule has 0 aliphatic rings. The van der Waals surface area contributed by atoms with Crippen molar-refractivity contribution in [1.29, 1.82) is 0 Å². The number of methoxy groups -OCH3 is 1. The number of nitrogens with zero attached hydrogens (tertiary/aromatic N) is 2. The van der Waals surface area contributed by atoms with Gasteiger partial charge in [-0.3, -0.25) is 9.59 Å². The lowest BCUT2D eigenvalue weighted by Gasteiger charge is -2.13. The first-order valence-corrected chi connectivity index (χ1v) is 12.3. The number of hydrogen-bond acceptors (Lipinski definition) is 6. The summed E-state index contributed by atoms with van der Waals surface area (Å²) in [6.07, 6.45) is 1.78. The van der Waals surface area contributed by atoms with E-state index in [9.17, 15) is 14.0 Å². The largest absolute Gasteiger partial charge is 0.493 e. The van der Waals surface area contributed by atoms with E-state index in [1.165, 1.54) is 42.7 Å². The number of fused-ring (bicyclic) bond motifs is 3. The molecule has 0 saturated carbocycles. The van der Waals surface area contributed by atoms with Crippen LogP contribution in [0, 0.1) is 9.39 Å². The van der Waals surface area contributed by atoms with E-state index in [2.05, 4.69) is 32.9 Å². The van der Waals surface area contributed by atoms with Crippen molar-refractivity contribution in [3.05, 3.63) is 90.5 Å². The summed E-state index contributed by atoms with van der Waals surface area (Å²) >= 11 is 3.41. The molecule has 2 heterocycles. The van der Waals surface area contributed by atoms with E-state index in [1.807, 2.05) is 30.3 Å². The van der Waals surface area contributed by atoms with Crippen molar-refractivity contribution in [2.75, 3.05) is 19.0 Å². The molecule has 0 spiro atoms. The monoisotopic (exact) mass is 601 g/mol. The number of imidazole rings is 1. The minimum Gasteiger partial charge on any atom is -0.493 e. The second kappa shape index (κ2) is 9.62. The van der Waals surface area contributed by atoms with Crippen LogP contribution in [0.4, 0.5) is 10.1 Å². The first kappa shape index (κ1) is 23.2. The molecule has 0 fully saturated rings. The normalized spacial score (nSPS) is 11.8. The zero-order valence-electron chi connectivity index (χ0n) is 18.2. The topological polar surface area (TPSA) is 81.9 Å². The van der Waals surface area contributed by atoms with E-state index in [-0.39, 0.29) is 18.0 Å². The van der Waals surface area contributed by atoms with Crippen LogP contribution >= 0.6 is 33.9 Å². The van der Waals surface area contributed by atoms with Gasteiger partial charge in [0.05, 0.1) is 26.2 Å². The Morgan fingerprint density at radius 2 is 1.97 bits per heavy atom. The minimum atomic E-state index is -0.393. The zero-order valence-corrected chi connectivity index (χ0v) is 21.2. The highest BCUT2D eigenvalue weighted by atomic mass is 127. The molecule has 10 heteroatoms.